The molecule has 0 aliphatic carbocycles. The van der Waals surface area contributed by atoms with Crippen molar-refractivity contribution in [1.29, 1.82) is 5.26 Å². The van der Waals surface area contributed by atoms with Crippen LogP contribution in [0.1, 0.15) is 22.3 Å². The first-order chi connectivity index (χ1) is 5.16. The van der Waals surface area contributed by atoms with Crippen LogP contribution < -0.4 is 0 Å². The van der Waals surface area contributed by atoms with Crippen LogP contribution in [0.25, 0.3) is 0 Å². The third-order valence-electron chi connectivity index (χ3n) is 2.06. The molecule has 0 unspecified atom stereocenters. The minimum Gasteiger partial charge on any atom is -0.192 e. The molecule has 0 fully saturated rings. The van der Waals surface area contributed by atoms with Crippen molar-refractivity contribution in [2.75, 3.05) is 0 Å². The maximum atomic E-state index is 8.77. The summed E-state index contributed by atoms with van der Waals surface area (Å²) in [5, 5.41) is 8.77. The summed E-state index contributed by atoms with van der Waals surface area (Å²) in [6.45, 7) is 5.97. The van der Waals surface area contributed by atoms with E-state index in [9.17, 15) is 0 Å². The molecule has 0 bridgehead atoms. The van der Waals surface area contributed by atoms with Crippen molar-refractivity contribution in [3.63, 3.8) is 0 Å². The molecule has 11 heavy (non-hydrogen) atoms. The van der Waals surface area contributed by atoms with Gasteiger partial charge in [-0.15, -0.1) is 0 Å². The summed E-state index contributed by atoms with van der Waals surface area (Å²) in [5.41, 5.74) is 4.18. The Morgan fingerprint density at radius 2 is 1.64 bits per heavy atom. The zero-order valence-corrected chi connectivity index (χ0v) is 7.10. The Balaban J connectivity index is 3.44. The Morgan fingerprint density at radius 1 is 1.09 bits per heavy atom. The van der Waals surface area contributed by atoms with Gasteiger partial charge in [0.1, 0.15) is 0 Å². The van der Waals surface area contributed by atoms with Gasteiger partial charge in [-0.3, -0.25) is 0 Å². The SMILES string of the molecule is Cc1ccc(C)c(C#N)c1C. The second-order valence-electron chi connectivity index (χ2n) is 2.81. The lowest BCUT2D eigenvalue weighted by molar-refractivity contribution is 1.26. The van der Waals surface area contributed by atoms with E-state index in [1.807, 2.05) is 32.9 Å². The number of nitrogens with zero attached hydrogens (tertiary/aromatic N) is 1. The van der Waals surface area contributed by atoms with Gasteiger partial charge in [0.15, 0.2) is 0 Å². The van der Waals surface area contributed by atoms with Gasteiger partial charge in [0.05, 0.1) is 11.6 Å². The van der Waals surface area contributed by atoms with Gasteiger partial charge in [0.2, 0.25) is 0 Å². The molecular formula is C10H11N. The van der Waals surface area contributed by atoms with Gasteiger partial charge in [-0.1, -0.05) is 12.1 Å². The van der Waals surface area contributed by atoms with E-state index in [2.05, 4.69) is 6.07 Å². The summed E-state index contributed by atoms with van der Waals surface area (Å²) >= 11 is 0. The highest BCUT2D eigenvalue weighted by Crippen LogP contribution is 2.15. The largest absolute Gasteiger partial charge is 0.192 e. The molecule has 0 spiro atoms. The van der Waals surface area contributed by atoms with Crippen LogP contribution in [0.5, 0.6) is 0 Å². The predicted octanol–water partition coefficient (Wildman–Crippen LogP) is 2.48. The third-order valence-corrected chi connectivity index (χ3v) is 2.06. The Bertz CT molecular complexity index is 318. The van der Waals surface area contributed by atoms with Gasteiger partial charge < -0.3 is 0 Å². The summed E-state index contributed by atoms with van der Waals surface area (Å²) in [6, 6.07) is 6.24. The van der Waals surface area contributed by atoms with Gasteiger partial charge in [0.25, 0.3) is 0 Å². The molecular weight excluding hydrogens is 134 g/mol. The van der Waals surface area contributed by atoms with Gasteiger partial charge >= 0.3 is 0 Å². The summed E-state index contributed by atoms with van der Waals surface area (Å²) in [7, 11) is 0. The van der Waals surface area contributed by atoms with E-state index >= 15 is 0 Å². The zero-order chi connectivity index (χ0) is 8.43. The van der Waals surface area contributed by atoms with Crippen LogP contribution in [0.2, 0.25) is 0 Å². The molecule has 1 aromatic carbocycles. The van der Waals surface area contributed by atoms with Crippen molar-refractivity contribution in [3.8, 4) is 6.07 Å². The van der Waals surface area contributed by atoms with Crippen LogP contribution in [0, 0.1) is 32.1 Å². The van der Waals surface area contributed by atoms with Crippen molar-refractivity contribution in [3.05, 3.63) is 34.4 Å². The molecule has 0 aromatic heterocycles. The predicted molar refractivity (Wildman–Crippen MR) is 45.4 cm³/mol. The van der Waals surface area contributed by atoms with Crippen LogP contribution in [0.15, 0.2) is 12.1 Å². The molecule has 1 heteroatoms. The summed E-state index contributed by atoms with van der Waals surface area (Å²) < 4.78 is 0. The fraction of sp³-hybridized carbons (Fsp3) is 0.300. The fourth-order valence-electron chi connectivity index (χ4n) is 1.12. The summed E-state index contributed by atoms with van der Waals surface area (Å²) in [6.07, 6.45) is 0. The van der Waals surface area contributed by atoms with E-state index in [-0.39, 0.29) is 0 Å². The fourth-order valence-corrected chi connectivity index (χ4v) is 1.12. The van der Waals surface area contributed by atoms with Crippen molar-refractivity contribution in [2.45, 2.75) is 20.8 Å². The van der Waals surface area contributed by atoms with Crippen LogP contribution in [-0.4, -0.2) is 0 Å². The minimum absolute atomic E-state index is 0.824. The molecule has 0 heterocycles. The van der Waals surface area contributed by atoms with Crippen molar-refractivity contribution < 1.29 is 0 Å². The number of benzene rings is 1. The highest BCUT2D eigenvalue weighted by Gasteiger charge is 2.02. The molecule has 0 aliphatic rings. The highest BCUT2D eigenvalue weighted by molar-refractivity contribution is 5.46. The van der Waals surface area contributed by atoms with Crippen molar-refractivity contribution in [2.24, 2.45) is 0 Å². The topological polar surface area (TPSA) is 23.8 Å². The first kappa shape index (κ1) is 7.81. The van der Waals surface area contributed by atoms with Gasteiger partial charge in [-0.05, 0) is 37.5 Å². The number of hydrogen-bond acceptors (Lipinski definition) is 1. The molecule has 1 rings (SSSR count). The zero-order valence-electron chi connectivity index (χ0n) is 7.10. The first-order valence-electron chi connectivity index (χ1n) is 3.63. The maximum Gasteiger partial charge on any atom is 0.0997 e. The van der Waals surface area contributed by atoms with E-state index < -0.39 is 0 Å². The molecule has 1 aromatic rings. The van der Waals surface area contributed by atoms with Gasteiger partial charge in [-0.25, -0.2) is 0 Å². The Kier molecular flexibility index (Phi) is 1.96. The monoisotopic (exact) mass is 145 g/mol. The van der Waals surface area contributed by atoms with Crippen molar-refractivity contribution in [1.82, 2.24) is 0 Å². The molecule has 0 aliphatic heterocycles. The number of rotatable bonds is 0. The number of nitriles is 1. The molecule has 56 valence electrons. The van der Waals surface area contributed by atoms with E-state index in [1.54, 1.807) is 0 Å². The Labute approximate surface area is 67.3 Å². The third kappa shape index (κ3) is 1.25. The van der Waals surface area contributed by atoms with Crippen LogP contribution in [0.4, 0.5) is 0 Å². The van der Waals surface area contributed by atoms with Gasteiger partial charge in [0, 0.05) is 0 Å². The van der Waals surface area contributed by atoms with Crippen LogP contribution in [0.3, 0.4) is 0 Å². The lowest BCUT2D eigenvalue weighted by atomic mass is 10.00. The van der Waals surface area contributed by atoms with E-state index in [0.29, 0.717) is 0 Å². The standard InChI is InChI=1S/C10H11N/c1-7-4-5-8(2)10(6-11)9(7)3/h4-5H,1-3H3. The quantitative estimate of drug-likeness (QED) is 0.550. The summed E-state index contributed by atoms with van der Waals surface area (Å²) in [5.74, 6) is 0. The van der Waals surface area contributed by atoms with E-state index in [1.165, 1.54) is 5.56 Å². The maximum absolute atomic E-state index is 8.77. The summed E-state index contributed by atoms with van der Waals surface area (Å²) in [4.78, 5) is 0. The highest BCUT2D eigenvalue weighted by atomic mass is 14.2. The molecule has 0 radical (unpaired) electrons. The number of hydrogen-bond donors (Lipinski definition) is 0. The second-order valence-corrected chi connectivity index (χ2v) is 2.81. The normalized spacial score (nSPS) is 9.27. The Hall–Kier alpha value is -1.29. The number of aryl methyl sites for hydroxylation is 2. The average molecular weight is 145 g/mol. The lowest BCUT2D eigenvalue weighted by Crippen LogP contribution is -1.90. The molecule has 0 amide bonds. The molecule has 0 saturated heterocycles. The van der Waals surface area contributed by atoms with Crippen LogP contribution >= 0.6 is 0 Å². The first-order valence-corrected chi connectivity index (χ1v) is 3.63. The second kappa shape index (κ2) is 2.75. The molecule has 1 nitrogen and oxygen atoms in total. The average Bonchev–Trinajstić information content (AvgIpc) is 1.99. The molecule has 0 N–H and O–H groups in total. The van der Waals surface area contributed by atoms with E-state index in [4.69, 9.17) is 5.26 Å². The smallest absolute Gasteiger partial charge is 0.0997 e. The molecule has 0 saturated carbocycles. The van der Waals surface area contributed by atoms with Crippen molar-refractivity contribution >= 4 is 0 Å². The lowest BCUT2D eigenvalue weighted by Gasteiger charge is -2.03. The van der Waals surface area contributed by atoms with Crippen LogP contribution in [-0.2, 0) is 0 Å². The Morgan fingerprint density at radius 3 is 2.09 bits per heavy atom. The van der Waals surface area contributed by atoms with E-state index in [0.717, 1.165) is 16.7 Å². The molecule has 0 atom stereocenters. The minimum atomic E-state index is 0.824. The van der Waals surface area contributed by atoms with Gasteiger partial charge in [-0.2, -0.15) is 5.26 Å².